The lowest BCUT2D eigenvalue weighted by atomic mass is 10.1. The van der Waals surface area contributed by atoms with Crippen molar-refractivity contribution in [2.75, 3.05) is 32.8 Å². The molecule has 2 aromatic carbocycles. The van der Waals surface area contributed by atoms with Crippen LogP contribution in [0, 0.1) is 0 Å². The summed E-state index contributed by atoms with van der Waals surface area (Å²) in [6, 6.07) is 11.7. The fourth-order valence-corrected chi connectivity index (χ4v) is 4.06. The van der Waals surface area contributed by atoms with E-state index in [-0.39, 0.29) is 0 Å². The fraction of sp³-hybridized carbons (Fsp3) is 0.368. The van der Waals surface area contributed by atoms with Crippen LogP contribution in [0.15, 0.2) is 36.4 Å². The molecular weight excluding hydrogens is 359 g/mol. The van der Waals surface area contributed by atoms with Crippen molar-refractivity contribution in [3.05, 3.63) is 46.4 Å². The SMILES string of the molecule is O[C@@H](Cn1c2ccc(Cl)cc2c2cc(Cl)ccc21)C[NH+]1CCOCC1. The molecular formula is C19H21Cl2N2O2+. The van der Waals surface area contributed by atoms with Crippen molar-refractivity contribution >= 4 is 45.0 Å². The number of nitrogens with zero attached hydrogens (tertiary/aromatic N) is 1. The van der Waals surface area contributed by atoms with Gasteiger partial charge in [-0.2, -0.15) is 0 Å². The molecule has 1 fully saturated rings. The maximum absolute atomic E-state index is 10.7. The highest BCUT2D eigenvalue weighted by molar-refractivity contribution is 6.33. The van der Waals surface area contributed by atoms with Crippen LogP contribution in [0.5, 0.6) is 0 Å². The van der Waals surface area contributed by atoms with Crippen LogP contribution in [0.25, 0.3) is 21.8 Å². The highest BCUT2D eigenvalue weighted by Gasteiger charge is 2.20. The van der Waals surface area contributed by atoms with Gasteiger partial charge in [-0.3, -0.25) is 0 Å². The van der Waals surface area contributed by atoms with Gasteiger partial charge in [0.1, 0.15) is 25.7 Å². The van der Waals surface area contributed by atoms with Gasteiger partial charge in [-0.05, 0) is 36.4 Å². The summed E-state index contributed by atoms with van der Waals surface area (Å²) in [6.07, 6.45) is -0.418. The minimum Gasteiger partial charge on any atom is -0.385 e. The summed E-state index contributed by atoms with van der Waals surface area (Å²) >= 11 is 12.4. The Balaban J connectivity index is 1.69. The molecule has 0 spiro atoms. The largest absolute Gasteiger partial charge is 0.385 e. The topological polar surface area (TPSA) is 38.8 Å². The number of quaternary nitrogens is 1. The van der Waals surface area contributed by atoms with Gasteiger partial charge in [-0.25, -0.2) is 0 Å². The van der Waals surface area contributed by atoms with E-state index in [2.05, 4.69) is 4.57 Å². The lowest BCUT2D eigenvalue weighted by Crippen LogP contribution is -3.15. The first kappa shape index (κ1) is 17.1. The van der Waals surface area contributed by atoms with Gasteiger partial charge in [0.15, 0.2) is 0 Å². The Morgan fingerprint density at radius 2 is 1.56 bits per heavy atom. The maximum atomic E-state index is 10.7. The van der Waals surface area contributed by atoms with Crippen LogP contribution in [0.3, 0.4) is 0 Å². The fourth-order valence-electron chi connectivity index (χ4n) is 3.72. The number of aliphatic hydroxyl groups excluding tert-OH is 1. The summed E-state index contributed by atoms with van der Waals surface area (Å²) in [6.45, 7) is 4.73. The number of nitrogens with one attached hydrogen (secondary N) is 1. The van der Waals surface area contributed by atoms with Crippen LogP contribution < -0.4 is 4.90 Å². The normalized spacial score (nSPS) is 17.4. The van der Waals surface area contributed by atoms with Crippen molar-refractivity contribution in [1.29, 1.82) is 0 Å². The summed E-state index contributed by atoms with van der Waals surface area (Å²) in [5.74, 6) is 0. The van der Waals surface area contributed by atoms with Gasteiger partial charge < -0.3 is 19.3 Å². The second-order valence-corrected chi connectivity index (χ2v) is 7.53. The van der Waals surface area contributed by atoms with E-state index in [0.717, 1.165) is 54.7 Å². The van der Waals surface area contributed by atoms with Crippen LogP contribution in [-0.4, -0.2) is 48.6 Å². The first-order valence-electron chi connectivity index (χ1n) is 8.58. The van der Waals surface area contributed by atoms with Crippen LogP contribution in [0.4, 0.5) is 0 Å². The van der Waals surface area contributed by atoms with Crippen LogP contribution >= 0.6 is 23.2 Å². The molecule has 0 aliphatic carbocycles. The zero-order valence-corrected chi connectivity index (χ0v) is 15.4. The van der Waals surface area contributed by atoms with Gasteiger partial charge >= 0.3 is 0 Å². The molecule has 3 aromatic rings. The lowest BCUT2D eigenvalue weighted by Gasteiger charge is -2.26. The molecule has 0 amide bonds. The molecule has 4 nitrogen and oxygen atoms in total. The maximum Gasteiger partial charge on any atom is 0.121 e. The number of aliphatic hydroxyl groups is 1. The molecule has 0 radical (unpaired) electrons. The number of fused-ring (bicyclic) bond motifs is 3. The summed E-state index contributed by atoms with van der Waals surface area (Å²) < 4.78 is 7.56. The first-order chi connectivity index (χ1) is 12.1. The standard InChI is InChI=1S/C19H20Cl2N2O2/c20-13-1-3-18-16(9-13)17-10-14(21)2-4-19(17)23(18)12-15(24)11-22-5-7-25-8-6-22/h1-4,9-10,15,24H,5-8,11-12H2/p+1/t15-/m1/s1. The van der Waals surface area contributed by atoms with Crippen molar-refractivity contribution in [2.45, 2.75) is 12.6 Å². The van der Waals surface area contributed by atoms with Crippen molar-refractivity contribution in [2.24, 2.45) is 0 Å². The number of morpholine rings is 1. The summed E-state index contributed by atoms with van der Waals surface area (Å²) in [7, 11) is 0. The Morgan fingerprint density at radius 1 is 1.00 bits per heavy atom. The third kappa shape index (κ3) is 3.50. The van der Waals surface area contributed by atoms with Gasteiger partial charge in [0.05, 0.1) is 19.8 Å². The summed E-state index contributed by atoms with van der Waals surface area (Å²) in [5, 5.41) is 14.2. The molecule has 132 valence electrons. The Labute approximate surface area is 156 Å². The van der Waals surface area contributed by atoms with E-state index in [1.54, 1.807) is 0 Å². The van der Waals surface area contributed by atoms with Gasteiger partial charge in [-0.15, -0.1) is 0 Å². The van der Waals surface area contributed by atoms with E-state index < -0.39 is 6.10 Å². The Hall–Kier alpha value is -1.30. The molecule has 6 heteroatoms. The van der Waals surface area contributed by atoms with E-state index in [1.807, 2.05) is 36.4 Å². The number of aromatic nitrogens is 1. The number of ether oxygens (including phenoxy) is 1. The average molecular weight is 380 g/mol. The lowest BCUT2D eigenvalue weighted by molar-refractivity contribution is -0.911. The quantitative estimate of drug-likeness (QED) is 0.730. The molecule has 2 N–H and O–H groups in total. The second kappa shape index (κ2) is 7.14. The minimum absolute atomic E-state index is 0.418. The molecule has 2 heterocycles. The predicted molar refractivity (Wildman–Crippen MR) is 102 cm³/mol. The van der Waals surface area contributed by atoms with Gasteiger partial charge in [0, 0.05) is 31.9 Å². The number of hydrogen-bond acceptors (Lipinski definition) is 2. The van der Waals surface area contributed by atoms with Crippen molar-refractivity contribution < 1.29 is 14.7 Å². The summed E-state index contributed by atoms with van der Waals surface area (Å²) in [4.78, 5) is 1.39. The third-order valence-corrected chi connectivity index (χ3v) is 5.38. The van der Waals surface area contributed by atoms with Gasteiger partial charge in [0.25, 0.3) is 0 Å². The van der Waals surface area contributed by atoms with E-state index in [4.69, 9.17) is 27.9 Å². The molecule has 1 aromatic heterocycles. The molecule has 4 rings (SSSR count). The molecule has 1 saturated heterocycles. The molecule has 1 aliphatic rings. The third-order valence-electron chi connectivity index (χ3n) is 4.91. The highest BCUT2D eigenvalue weighted by Crippen LogP contribution is 2.32. The number of hydrogen-bond donors (Lipinski definition) is 2. The van der Waals surface area contributed by atoms with Crippen molar-refractivity contribution in [3.63, 3.8) is 0 Å². The first-order valence-corrected chi connectivity index (χ1v) is 9.34. The second-order valence-electron chi connectivity index (χ2n) is 6.65. The Kier molecular flexibility index (Phi) is 4.89. The minimum atomic E-state index is -0.418. The number of benzene rings is 2. The molecule has 25 heavy (non-hydrogen) atoms. The molecule has 0 unspecified atom stereocenters. The van der Waals surface area contributed by atoms with Crippen LogP contribution in [-0.2, 0) is 11.3 Å². The number of halogens is 2. The van der Waals surface area contributed by atoms with Gasteiger partial charge in [0.2, 0.25) is 0 Å². The van der Waals surface area contributed by atoms with Crippen LogP contribution in [0.2, 0.25) is 10.0 Å². The zero-order chi connectivity index (χ0) is 17.4. The predicted octanol–water partition coefficient (Wildman–Crippen LogP) is 2.38. The smallest absolute Gasteiger partial charge is 0.121 e. The Bertz CT molecular complexity index is 844. The van der Waals surface area contributed by atoms with Crippen LogP contribution in [0.1, 0.15) is 0 Å². The Morgan fingerprint density at radius 3 is 2.12 bits per heavy atom. The van der Waals surface area contributed by atoms with E-state index >= 15 is 0 Å². The van der Waals surface area contributed by atoms with E-state index in [9.17, 15) is 5.11 Å². The van der Waals surface area contributed by atoms with E-state index in [0.29, 0.717) is 16.6 Å². The van der Waals surface area contributed by atoms with Crippen molar-refractivity contribution in [1.82, 2.24) is 4.57 Å². The monoisotopic (exact) mass is 379 g/mol. The molecule has 1 atom stereocenters. The van der Waals surface area contributed by atoms with Gasteiger partial charge in [-0.1, -0.05) is 23.2 Å². The molecule has 0 saturated carbocycles. The average Bonchev–Trinajstić information content (AvgIpc) is 2.88. The highest BCUT2D eigenvalue weighted by atomic mass is 35.5. The van der Waals surface area contributed by atoms with E-state index in [1.165, 1.54) is 4.90 Å². The van der Waals surface area contributed by atoms with Crippen molar-refractivity contribution in [3.8, 4) is 0 Å². The number of rotatable bonds is 4. The molecule has 0 bridgehead atoms. The summed E-state index contributed by atoms with van der Waals surface area (Å²) in [5.41, 5.74) is 2.13. The molecule has 1 aliphatic heterocycles. The zero-order valence-electron chi connectivity index (χ0n) is 13.8.